The van der Waals surface area contributed by atoms with Crippen molar-refractivity contribution in [3.8, 4) is 6.07 Å². The van der Waals surface area contributed by atoms with Crippen LogP contribution in [0.1, 0.15) is 54.3 Å². The number of nitrogens with two attached hydrogens (primary N) is 1. The SMILES string of the molecule is CC(C)(C#N)c1ccc([C@H]2CCCN2C(=O)c2nccnc2N)cc1. The van der Waals surface area contributed by atoms with E-state index < -0.39 is 5.41 Å². The van der Waals surface area contributed by atoms with Crippen molar-refractivity contribution in [2.24, 2.45) is 0 Å². The second kappa shape index (κ2) is 6.52. The third kappa shape index (κ3) is 3.18. The van der Waals surface area contributed by atoms with Gasteiger partial charge in [0.25, 0.3) is 5.91 Å². The molecule has 0 aliphatic carbocycles. The molecule has 1 aromatic heterocycles. The fraction of sp³-hybridized carbons (Fsp3) is 0.368. The van der Waals surface area contributed by atoms with Gasteiger partial charge in [-0.15, -0.1) is 0 Å². The lowest BCUT2D eigenvalue weighted by atomic mass is 9.85. The highest BCUT2D eigenvalue weighted by Gasteiger charge is 2.32. The summed E-state index contributed by atoms with van der Waals surface area (Å²) in [5, 5.41) is 9.27. The third-order valence-corrected chi connectivity index (χ3v) is 4.74. The van der Waals surface area contributed by atoms with Gasteiger partial charge in [-0.1, -0.05) is 24.3 Å². The lowest BCUT2D eigenvalue weighted by Crippen LogP contribution is -2.32. The molecule has 25 heavy (non-hydrogen) atoms. The van der Waals surface area contributed by atoms with Crippen LogP contribution in [0.25, 0.3) is 0 Å². The topological polar surface area (TPSA) is 95.9 Å². The average molecular weight is 335 g/mol. The number of carbonyl (C=O) groups is 1. The molecule has 1 aromatic carbocycles. The van der Waals surface area contributed by atoms with E-state index in [2.05, 4.69) is 16.0 Å². The predicted molar refractivity (Wildman–Crippen MR) is 94.5 cm³/mol. The minimum absolute atomic E-state index is 0.00634. The zero-order valence-electron chi connectivity index (χ0n) is 14.4. The highest BCUT2D eigenvalue weighted by molar-refractivity contribution is 5.96. The number of carbonyl (C=O) groups excluding carboxylic acids is 1. The van der Waals surface area contributed by atoms with Crippen molar-refractivity contribution in [2.75, 3.05) is 12.3 Å². The average Bonchev–Trinajstić information content (AvgIpc) is 3.11. The monoisotopic (exact) mass is 335 g/mol. The highest BCUT2D eigenvalue weighted by atomic mass is 16.2. The molecular formula is C19H21N5O. The number of hydrogen-bond donors (Lipinski definition) is 1. The fourth-order valence-electron chi connectivity index (χ4n) is 3.19. The number of rotatable bonds is 3. The maximum atomic E-state index is 12.8. The van der Waals surface area contributed by atoms with Gasteiger partial charge in [0.05, 0.1) is 17.5 Å². The molecule has 2 N–H and O–H groups in total. The van der Waals surface area contributed by atoms with Crippen LogP contribution in [0.2, 0.25) is 0 Å². The summed E-state index contributed by atoms with van der Waals surface area (Å²) in [6, 6.07) is 10.2. The van der Waals surface area contributed by atoms with E-state index in [0.29, 0.717) is 6.54 Å². The van der Waals surface area contributed by atoms with Gasteiger partial charge in [0.1, 0.15) is 0 Å². The molecule has 1 fully saturated rings. The van der Waals surface area contributed by atoms with Gasteiger partial charge < -0.3 is 10.6 Å². The number of aromatic nitrogens is 2. The molecule has 0 bridgehead atoms. The maximum absolute atomic E-state index is 12.8. The Hall–Kier alpha value is -2.94. The van der Waals surface area contributed by atoms with E-state index in [-0.39, 0.29) is 23.5 Å². The number of likely N-dealkylation sites (tertiary alicyclic amines) is 1. The minimum Gasteiger partial charge on any atom is -0.382 e. The van der Waals surface area contributed by atoms with Gasteiger partial charge in [-0.05, 0) is 37.8 Å². The molecule has 128 valence electrons. The number of nitriles is 1. The first-order valence-corrected chi connectivity index (χ1v) is 8.33. The molecule has 6 heteroatoms. The Kier molecular flexibility index (Phi) is 4.41. The predicted octanol–water partition coefficient (Wildman–Crippen LogP) is 2.84. The van der Waals surface area contributed by atoms with Crippen LogP contribution in [0.4, 0.5) is 5.82 Å². The van der Waals surface area contributed by atoms with Gasteiger partial charge >= 0.3 is 0 Å². The zero-order valence-corrected chi connectivity index (χ0v) is 14.4. The summed E-state index contributed by atoms with van der Waals surface area (Å²) in [5.74, 6) is -0.0289. The van der Waals surface area contributed by atoms with E-state index in [9.17, 15) is 10.1 Å². The summed E-state index contributed by atoms with van der Waals surface area (Å²) in [4.78, 5) is 22.7. The van der Waals surface area contributed by atoms with E-state index in [1.165, 1.54) is 12.4 Å². The zero-order chi connectivity index (χ0) is 18.0. The summed E-state index contributed by atoms with van der Waals surface area (Å²) in [6.07, 6.45) is 4.78. The van der Waals surface area contributed by atoms with Crippen LogP contribution in [0, 0.1) is 11.3 Å². The van der Waals surface area contributed by atoms with E-state index in [1.807, 2.05) is 43.0 Å². The van der Waals surface area contributed by atoms with Crippen LogP contribution in [0.15, 0.2) is 36.7 Å². The van der Waals surface area contributed by atoms with Crippen molar-refractivity contribution < 1.29 is 4.79 Å². The van der Waals surface area contributed by atoms with Crippen LogP contribution in [0.5, 0.6) is 0 Å². The molecule has 3 rings (SSSR count). The van der Waals surface area contributed by atoms with Crippen LogP contribution in [-0.2, 0) is 5.41 Å². The van der Waals surface area contributed by atoms with Crippen molar-refractivity contribution >= 4 is 11.7 Å². The van der Waals surface area contributed by atoms with Crippen LogP contribution >= 0.6 is 0 Å². The molecule has 0 unspecified atom stereocenters. The lowest BCUT2D eigenvalue weighted by molar-refractivity contribution is 0.0730. The minimum atomic E-state index is -0.530. The van der Waals surface area contributed by atoms with Crippen molar-refractivity contribution in [2.45, 2.75) is 38.1 Å². The molecule has 0 radical (unpaired) electrons. The molecule has 0 saturated carbocycles. The molecule has 1 saturated heterocycles. The first-order valence-electron chi connectivity index (χ1n) is 8.33. The van der Waals surface area contributed by atoms with Crippen LogP contribution in [0.3, 0.4) is 0 Å². The molecule has 6 nitrogen and oxygen atoms in total. The molecular weight excluding hydrogens is 314 g/mol. The fourth-order valence-corrected chi connectivity index (χ4v) is 3.19. The van der Waals surface area contributed by atoms with Gasteiger partial charge in [-0.25, -0.2) is 9.97 Å². The van der Waals surface area contributed by atoms with E-state index >= 15 is 0 Å². The second-order valence-electron chi connectivity index (χ2n) is 6.81. The molecule has 2 aromatic rings. The summed E-state index contributed by atoms with van der Waals surface area (Å²) in [6.45, 7) is 4.46. The summed E-state index contributed by atoms with van der Waals surface area (Å²) < 4.78 is 0. The van der Waals surface area contributed by atoms with Gasteiger partial charge in [0, 0.05) is 18.9 Å². The highest BCUT2D eigenvalue weighted by Crippen LogP contribution is 2.34. The first-order chi connectivity index (χ1) is 11.9. The lowest BCUT2D eigenvalue weighted by Gasteiger charge is -2.25. The van der Waals surface area contributed by atoms with E-state index in [1.54, 1.807) is 0 Å². The number of benzene rings is 1. The number of hydrogen-bond acceptors (Lipinski definition) is 5. The molecule has 1 atom stereocenters. The normalized spacial score (nSPS) is 17.3. The Labute approximate surface area is 147 Å². The molecule has 1 amide bonds. The molecule has 1 aliphatic rings. The Morgan fingerprint density at radius 2 is 1.96 bits per heavy atom. The standard InChI is InChI=1S/C19H21N5O/c1-19(2,12-20)14-7-5-13(6-8-14)15-4-3-11-24(15)18(25)16-17(21)23-10-9-22-16/h5-10,15H,3-4,11H2,1-2H3,(H2,21,23)/t15-/m1/s1. The van der Waals surface area contributed by atoms with Crippen LogP contribution < -0.4 is 5.73 Å². The Balaban J connectivity index is 1.86. The quantitative estimate of drug-likeness (QED) is 0.930. The smallest absolute Gasteiger partial charge is 0.276 e. The van der Waals surface area contributed by atoms with Gasteiger partial charge in [-0.2, -0.15) is 5.26 Å². The third-order valence-electron chi connectivity index (χ3n) is 4.74. The van der Waals surface area contributed by atoms with E-state index in [0.717, 1.165) is 24.0 Å². The molecule has 2 heterocycles. The van der Waals surface area contributed by atoms with Crippen LogP contribution in [-0.4, -0.2) is 27.3 Å². The Bertz CT molecular complexity index is 822. The van der Waals surface area contributed by atoms with Crippen molar-refractivity contribution in [1.82, 2.24) is 14.9 Å². The Morgan fingerprint density at radius 3 is 2.60 bits per heavy atom. The molecule has 0 spiro atoms. The number of anilines is 1. The summed E-state index contributed by atoms with van der Waals surface area (Å²) in [5.41, 5.74) is 7.51. The maximum Gasteiger partial charge on any atom is 0.276 e. The van der Waals surface area contributed by atoms with Gasteiger partial charge in [-0.3, -0.25) is 4.79 Å². The summed E-state index contributed by atoms with van der Waals surface area (Å²) >= 11 is 0. The van der Waals surface area contributed by atoms with Gasteiger partial charge in [0.15, 0.2) is 11.5 Å². The Morgan fingerprint density at radius 1 is 1.28 bits per heavy atom. The second-order valence-corrected chi connectivity index (χ2v) is 6.81. The number of nitrogen functional groups attached to an aromatic ring is 1. The largest absolute Gasteiger partial charge is 0.382 e. The molecule has 1 aliphatic heterocycles. The van der Waals surface area contributed by atoms with Crippen molar-refractivity contribution in [1.29, 1.82) is 5.26 Å². The van der Waals surface area contributed by atoms with Crippen molar-refractivity contribution in [3.63, 3.8) is 0 Å². The first kappa shape index (κ1) is 16.9. The van der Waals surface area contributed by atoms with Crippen molar-refractivity contribution in [3.05, 3.63) is 53.5 Å². The number of amides is 1. The van der Waals surface area contributed by atoms with Gasteiger partial charge in [0.2, 0.25) is 0 Å². The summed E-state index contributed by atoms with van der Waals surface area (Å²) in [7, 11) is 0. The van der Waals surface area contributed by atoms with E-state index in [4.69, 9.17) is 5.73 Å². The number of nitrogens with zero attached hydrogens (tertiary/aromatic N) is 4.